The maximum atomic E-state index is 12.9. The third kappa shape index (κ3) is 17.7. The Morgan fingerprint density at radius 1 is 0.620 bits per heavy atom. The second-order valence-electron chi connectivity index (χ2n) is 22.2. The lowest BCUT2D eigenvalue weighted by atomic mass is 9.80. The van der Waals surface area contributed by atoms with Gasteiger partial charge in [0.25, 0.3) is 10.1 Å². The SMILES string of the molecule is CCOC(=O)C1=C(COCCN)NC(C)=C(C(=O)OC)C1c1ccccc1Cl.O=S(=O)(O)c1ccccc1.O=c1c(-c2ccc(O)cc2)coc2cc(O[C@@H]3O[C@H](CO)[C@@H](O)[C@H](O)[C@H]3O)cc(O)c12.O=c1c(-c2ccc(O)cc2)coc2cc(O[C@@H]3O[C@H](CO)[C@@H](O)[C@H](O)[C@H]3O)cc(O)c12. The monoisotopic (exact) mass is 1430 g/mol. The Balaban J connectivity index is 0.000000178. The van der Waals surface area contributed by atoms with Gasteiger partial charge in [0.1, 0.15) is 118 Å². The molecule has 0 bridgehead atoms. The van der Waals surface area contributed by atoms with Crippen LogP contribution in [0.15, 0.2) is 186 Å². The Kier molecular flexibility index (Phi) is 25.9. The number of allylic oxidation sites excluding steroid dienone is 1. The number of esters is 2. The number of aliphatic hydroxyl groups excluding tert-OH is 8. The molecule has 2 fully saturated rings. The molecule has 0 amide bonds. The molecular formula is C68H71ClN2O28S. The summed E-state index contributed by atoms with van der Waals surface area (Å²) in [6, 6.07) is 31.0. The summed E-state index contributed by atoms with van der Waals surface area (Å²) in [6.07, 6.45) is -12.5. The van der Waals surface area contributed by atoms with Crippen molar-refractivity contribution in [1.29, 1.82) is 0 Å². The van der Waals surface area contributed by atoms with Gasteiger partial charge in [0.15, 0.2) is 0 Å². The number of methoxy groups -OCH3 is 1. The van der Waals surface area contributed by atoms with Crippen LogP contribution in [0, 0.1) is 0 Å². The van der Waals surface area contributed by atoms with Gasteiger partial charge < -0.3 is 114 Å². The number of ether oxygens (including phenoxy) is 7. The Bertz CT molecular complexity index is 4290. The van der Waals surface area contributed by atoms with Crippen LogP contribution in [-0.4, -0.2) is 194 Å². The first-order valence-corrected chi connectivity index (χ1v) is 32.1. The number of carbonyl (C=O) groups is 2. The first-order chi connectivity index (χ1) is 47.7. The van der Waals surface area contributed by atoms with E-state index in [4.69, 9.17) is 63.9 Å². The zero-order valence-electron chi connectivity index (χ0n) is 53.2. The minimum Gasteiger partial charge on any atom is -0.508 e. The van der Waals surface area contributed by atoms with Crippen molar-refractivity contribution in [2.24, 2.45) is 5.73 Å². The number of hydrogen-bond acceptors (Lipinski definition) is 29. The van der Waals surface area contributed by atoms with Crippen molar-refractivity contribution in [2.45, 2.75) is 86.1 Å². The molecule has 534 valence electrons. The molecule has 0 saturated carbocycles. The molecule has 3 aliphatic heterocycles. The van der Waals surface area contributed by atoms with E-state index in [9.17, 15) is 88.9 Å². The second-order valence-corrected chi connectivity index (χ2v) is 24.0. The summed E-state index contributed by atoms with van der Waals surface area (Å²) < 4.78 is 77.5. The molecule has 0 radical (unpaired) electrons. The van der Waals surface area contributed by atoms with Crippen LogP contribution in [0.5, 0.6) is 34.5 Å². The van der Waals surface area contributed by atoms with Gasteiger partial charge in [0.2, 0.25) is 23.4 Å². The highest BCUT2D eigenvalue weighted by Gasteiger charge is 2.46. The Morgan fingerprint density at radius 3 is 1.49 bits per heavy atom. The van der Waals surface area contributed by atoms with Crippen LogP contribution in [0.2, 0.25) is 5.02 Å². The summed E-state index contributed by atoms with van der Waals surface area (Å²) in [7, 11) is -2.71. The van der Waals surface area contributed by atoms with E-state index in [-0.39, 0.29) is 79.7 Å². The number of carbonyl (C=O) groups excluding carboxylic acids is 2. The lowest BCUT2D eigenvalue weighted by molar-refractivity contribution is -0.277. The van der Waals surface area contributed by atoms with E-state index in [2.05, 4.69) is 5.32 Å². The predicted molar refractivity (Wildman–Crippen MR) is 353 cm³/mol. The van der Waals surface area contributed by atoms with Crippen LogP contribution in [-0.2, 0) is 43.4 Å². The molecule has 3 aliphatic rings. The molecule has 6 aromatic carbocycles. The van der Waals surface area contributed by atoms with Crippen LogP contribution in [0.3, 0.4) is 0 Å². The first kappa shape index (κ1) is 76.2. The van der Waals surface area contributed by atoms with Gasteiger partial charge in [-0.25, -0.2) is 9.59 Å². The van der Waals surface area contributed by atoms with Crippen LogP contribution in [0.4, 0.5) is 0 Å². The fraction of sp³-hybridized carbons (Fsp3) is 0.294. The molecule has 100 heavy (non-hydrogen) atoms. The molecule has 1 unspecified atom stereocenters. The lowest BCUT2D eigenvalue weighted by Gasteiger charge is -2.39. The van der Waals surface area contributed by atoms with Gasteiger partial charge in [-0.2, -0.15) is 8.42 Å². The minimum atomic E-state index is -4.00. The Morgan fingerprint density at radius 2 is 1.08 bits per heavy atom. The number of phenolic OH excluding ortho intramolecular Hbond substituents is 4. The molecule has 11 atom stereocenters. The van der Waals surface area contributed by atoms with Crippen molar-refractivity contribution < 1.29 is 126 Å². The standard InChI is InChI=1S/2C21H20O10.C20H25ClN2O5.C6H6O3S/c2*22-7-15-18(26)19(27)20(28)21(31-15)30-11-5-13(24)16-14(6-11)29-8-12(17(16)25)9-1-3-10(23)4-2-9;1-4-28-20(25)18-15(11-27-10-9-22)23-12(2)16(19(24)26-3)17(18)13-7-5-6-8-14(13)21;7-10(8,9)6-4-2-1-3-5-6/h2*1-6,8,15,18-24,26-28H,7H2;5-8,17,23H,4,9-11,22H2,1-3H3;1-5H,(H,7,8,9)/t2*15-,18-,19+,20-,21-;;/m11../s1. The number of dihydropyridines is 1. The van der Waals surface area contributed by atoms with Gasteiger partial charge in [-0.1, -0.05) is 72.3 Å². The highest BCUT2D eigenvalue weighted by Crippen LogP contribution is 2.43. The summed E-state index contributed by atoms with van der Waals surface area (Å²) >= 11 is 6.42. The summed E-state index contributed by atoms with van der Waals surface area (Å²) in [5.74, 6) is -2.79. The average Bonchev–Trinajstić information content (AvgIpc) is 0.772. The Hall–Kier alpha value is -9.52. The average molecular weight is 1430 g/mol. The first-order valence-electron chi connectivity index (χ1n) is 30.3. The number of halogens is 1. The molecule has 0 aliphatic carbocycles. The third-order valence-electron chi connectivity index (χ3n) is 15.5. The van der Waals surface area contributed by atoms with E-state index in [1.807, 2.05) is 0 Å². The van der Waals surface area contributed by atoms with Crippen molar-refractivity contribution in [3.05, 3.63) is 193 Å². The third-order valence-corrected chi connectivity index (χ3v) is 16.7. The van der Waals surface area contributed by atoms with Gasteiger partial charge in [-0.05, 0) is 73.0 Å². The molecule has 5 heterocycles. The van der Waals surface area contributed by atoms with E-state index in [1.165, 1.54) is 92.4 Å². The molecule has 8 aromatic rings. The molecular weight excluding hydrogens is 1360 g/mol. The molecule has 11 rings (SSSR count). The quantitative estimate of drug-likeness (QED) is 0.0353. The van der Waals surface area contributed by atoms with Gasteiger partial charge in [-0.15, -0.1) is 0 Å². The molecule has 2 saturated heterocycles. The normalized spacial score (nSPS) is 22.0. The number of rotatable bonds is 17. The van der Waals surface area contributed by atoms with E-state index < -0.39 is 125 Å². The summed E-state index contributed by atoms with van der Waals surface area (Å²) in [5.41, 5.74) is 7.97. The van der Waals surface area contributed by atoms with Crippen molar-refractivity contribution in [3.8, 4) is 56.8 Å². The fourth-order valence-electron chi connectivity index (χ4n) is 10.5. The maximum Gasteiger partial charge on any atom is 0.336 e. The van der Waals surface area contributed by atoms with E-state index in [1.54, 1.807) is 56.3 Å². The fourth-order valence-corrected chi connectivity index (χ4v) is 11.3. The highest BCUT2D eigenvalue weighted by atomic mass is 35.5. The predicted octanol–water partition coefficient (Wildman–Crippen LogP) is 3.30. The van der Waals surface area contributed by atoms with Crippen molar-refractivity contribution >= 4 is 55.6 Å². The molecule has 16 N–H and O–H groups in total. The highest BCUT2D eigenvalue weighted by molar-refractivity contribution is 7.85. The van der Waals surface area contributed by atoms with E-state index in [0.717, 1.165) is 12.1 Å². The van der Waals surface area contributed by atoms with Crippen molar-refractivity contribution in [3.63, 3.8) is 0 Å². The van der Waals surface area contributed by atoms with E-state index >= 15 is 0 Å². The smallest absolute Gasteiger partial charge is 0.336 e. The van der Waals surface area contributed by atoms with Crippen LogP contribution >= 0.6 is 11.6 Å². The van der Waals surface area contributed by atoms with Crippen LogP contribution in [0.1, 0.15) is 25.3 Å². The number of aromatic hydroxyl groups is 4. The minimum absolute atomic E-state index is 0.00730. The molecule has 32 heteroatoms. The number of nitrogens with one attached hydrogen (secondary N) is 1. The number of aliphatic hydroxyl groups is 8. The van der Waals surface area contributed by atoms with Gasteiger partial charge in [0.05, 0.1) is 78.9 Å². The van der Waals surface area contributed by atoms with Gasteiger partial charge in [-0.3, -0.25) is 14.1 Å². The zero-order valence-corrected chi connectivity index (χ0v) is 54.7. The maximum absolute atomic E-state index is 12.9. The number of phenols is 4. The van der Waals surface area contributed by atoms with Crippen molar-refractivity contribution in [1.82, 2.24) is 5.32 Å². The molecule has 2 aromatic heterocycles. The van der Waals surface area contributed by atoms with E-state index in [0.29, 0.717) is 51.8 Å². The van der Waals surface area contributed by atoms with Gasteiger partial charge >= 0.3 is 11.9 Å². The number of fused-ring (bicyclic) bond motifs is 2. The topological polar surface area (TPSA) is 494 Å². The largest absolute Gasteiger partial charge is 0.508 e. The number of hydrogen-bond donors (Lipinski definition) is 15. The molecule has 0 spiro atoms. The summed E-state index contributed by atoms with van der Waals surface area (Å²) in [6.45, 7) is 3.17. The second kappa shape index (κ2) is 34.0. The van der Waals surface area contributed by atoms with Crippen molar-refractivity contribution in [2.75, 3.05) is 46.7 Å². The van der Waals surface area contributed by atoms with Gasteiger partial charge in [0, 0.05) is 41.5 Å². The number of benzene rings is 6. The lowest BCUT2D eigenvalue weighted by Crippen LogP contribution is -2.60. The summed E-state index contributed by atoms with van der Waals surface area (Å²) in [5, 5.41) is 121. The zero-order chi connectivity index (χ0) is 72.9. The number of nitrogens with two attached hydrogens (primary N) is 1. The van der Waals surface area contributed by atoms with Crippen LogP contribution in [0.25, 0.3) is 44.2 Å². The van der Waals surface area contributed by atoms with Crippen LogP contribution < -0.4 is 31.4 Å². The summed E-state index contributed by atoms with van der Waals surface area (Å²) in [4.78, 5) is 51.1. The Labute approximate surface area is 573 Å². The molecule has 30 nitrogen and oxygen atoms in total.